The van der Waals surface area contributed by atoms with Crippen LogP contribution in [-0.2, 0) is 12.2 Å². The summed E-state index contributed by atoms with van der Waals surface area (Å²) in [6.45, 7) is 4.49. The van der Waals surface area contributed by atoms with Gasteiger partial charge in [-0.2, -0.15) is 5.71 Å². The molecule has 0 aromatic rings. The molecule has 0 heterocycles. The second-order valence-electron chi connectivity index (χ2n) is 5.20. The van der Waals surface area contributed by atoms with Crippen molar-refractivity contribution in [3.63, 3.8) is 0 Å². The molecule has 1 aliphatic carbocycles. The number of thioether (sulfide) groups is 1. The van der Waals surface area contributed by atoms with E-state index in [0.717, 1.165) is 23.5 Å². The molecule has 20 heavy (non-hydrogen) atoms. The molecule has 5 heteroatoms. The molecule has 0 radical (unpaired) electrons. The fourth-order valence-electron chi connectivity index (χ4n) is 2.10. The SMILES string of the molecule is CCC[CH2][Sn+]([Cl])[CH2]CCC.CSC(=[SH+])C1CCCC1=[N-]. The van der Waals surface area contributed by atoms with Crippen molar-refractivity contribution < 1.29 is 0 Å². The maximum Gasteiger partial charge on any atom is 0.237 e. The van der Waals surface area contributed by atoms with Crippen LogP contribution in [-0.4, -0.2) is 34.8 Å². The minimum Gasteiger partial charge on any atom is -0.811 e. The first-order valence-electron chi connectivity index (χ1n) is 7.71. The van der Waals surface area contributed by atoms with E-state index >= 15 is 0 Å². The van der Waals surface area contributed by atoms with Gasteiger partial charge in [0.15, 0.2) is 12.2 Å². The number of nitrogens with zero attached hydrogens (tertiary/aromatic N) is 1. The molecule has 0 amide bonds. The van der Waals surface area contributed by atoms with Gasteiger partial charge in [-0.3, -0.25) is 0 Å². The van der Waals surface area contributed by atoms with E-state index in [-0.39, 0.29) is 5.92 Å². The van der Waals surface area contributed by atoms with E-state index in [2.05, 4.69) is 26.1 Å². The van der Waals surface area contributed by atoms with Gasteiger partial charge >= 0.3 is 76.0 Å². The second-order valence-corrected chi connectivity index (χ2v) is 16.2. The number of hydrogen-bond acceptors (Lipinski definition) is 1. The Hall–Kier alpha value is 1.20. The van der Waals surface area contributed by atoms with E-state index in [1.54, 1.807) is 11.8 Å². The maximum atomic E-state index is 9.32. The molecule has 1 aliphatic rings. The Morgan fingerprint density at radius 3 is 2.25 bits per heavy atom. The predicted molar refractivity (Wildman–Crippen MR) is 104 cm³/mol. The van der Waals surface area contributed by atoms with E-state index in [9.17, 15) is 5.41 Å². The van der Waals surface area contributed by atoms with Crippen molar-refractivity contribution in [2.45, 2.75) is 67.7 Å². The second kappa shape index (κ2) is 13.8. The molecular formula is C15H29ClNS2Sn+. The summed E-state index contributed by atoms with van der Waals surface area (Å²) in [6.07, 6.45) is 10.5. The Labute approximate surface area is 146 Å². The number of hydrogen-bond donors (Lipinski definition) is 0. The van der Waals surface area contributed by atoms with Gasteiger partial charge in [-0.25, -0.2) is 0 Å². The third-order valence-corrected chi connectivity index (χ3v) is 12.7. The molecule has 1 fully saturated rings. The van der Waals surface area contributed by atoms with Crippen LogP contribution in [0.25, 0.3) is 5.41 Å². The average molecular weight is 442 g/mol. The zero-order valence-electron chi connectivity index (χ0n) is 13.1. The molecule has 0 bridgehead atoms. The summed E-state index contributed by atoms with van der Waals surface area (Å²) in [5.74, 6) is 0.262. The van der Waals surface area contributed by atoms with Crippen LogP contribution < -0.4 is 0 Å². The van der Waals surface area contributed by atoms with E-state index in [1.807, 2.05) is 6.26 Å². The molecule has 1 rings (SSSR count). The average Bonchev–Trinajstić information content (AvgIpc) is 2.88. The third kappa shape index (κ3) is 10.0. The number of unbranched alkanes of at least 4 members (excludes halogenated alkanes) is 2. The van der Waals surface area contributed by atoms with Gasteiger partial charge in [0, 0.05) is 5.92 Å². The van der Waals surface area contributed by atoms with Crippen molar-refractivity contribution in [3.8, 4) is 0 Å². The Morgan fingerprint density at radius 1 is 1.35 bits per heavy atom. The first-order chi connectivity index (χ1) is 9.56. The van der Waals surface area contributed by atoms with Crippen molar-refractivity contribution in [3.05, 3.63) is 5.41 Å². The summed E-state index contributed by atoms with van der Waals surface area (Å²) in [7, 11) is 6.24. The first kappa shape index (κ1) is 21.2. The fourth-order valence-corrected chi connectivity index (χ4v) is 9.63. The fraction of sp³-hybridized carbons (Fsp3) is 0.867. The zero-order chi connectivity index (χ0) is 15.4. The summed E-state index contributed by atoms with van der Waals surface area (Å²) in [4.78, 5) is 0. The minimum absolute atomic E-state index is 0.262. The van der Waals surface area contributed by atoms with Crippen LogP contribution in [0, 0.1) is 5.92 Å². The topological polar surface area (TPSA) is 22.3 Å². The van der Waals surface area contributed by atoms with Gasteiger partial charge in [0.05, 0.1) is 0 Å². The Kier molecular flexibility index (Phi) is 14.7. The van der Waals surface area contributed by atoms with Gasteiger partial charge in [0.2, 0.25) is 4.20 Å². The van der Waals surface area contributed by atoms with E-state index in [0.29, 0.717) is 5.71 Å². The van der Waals surface area contributed by atoms with Crippen LogP contribution in [0.15, 0.2) is 0 Å². The van der Waals surface area contributed by atoms with Crippen LogP contribution in [0.5, 0.6) is 0 Å². The van der Waals surface area contributed by atoms with Crippen molar-refractivity contribution >= 4 is 61.4 Å². The van der Waals surface area contributed by atoms with E-state index in [1.165, 1.54) is 34.6 Å². The maximum absolute atomic E-state index is 9.32. The molecule has 1 saturated carbocycles. The third-order valence-electron chi connectivity index (χ3n) is 3.44. The molecule has 0 aromatic carbocycles. The molecular weight excluding hydrogens is 412 g/mol. The van der Waals surface area contributed by atoms with Crippen LogP contribution in [0.1, 0.15) is 58.8 Å². The molecule has 116 valence electrons. The first-order valence-corrected chi connectivity index (χ1v) is 17.0. The van der Waals surface area contributed by atoms with Crippen molar-refractivity contribution in [1.82, 2.24) is 0 Å². The Morgan fingerprint density at radius 2 is 1.90 bits per heavy atom. The smallest absolute Gasteiger partial charge is 0.237 e. The molecule has 0 aromatic heterocycles. The normalized spacial score (nSPS) is 17.6. The largest absolute Gasteiger partial charge is 0.811 e. The van der Waals surface area contributed by atoms with Crippen LogP contribution >= 0.6 is 20.7 Å². The van der Waals surface area contributed by atoms with E-state index < -0.39 is 18.6 Å². The molecule has 1 nitrogen and oxygen atoms in total. The van der Waals surface area contributed by atoms with Crippen LogP contribution in [0.3, 0.4) is 0 Å². The van der Waals surface area contributed by atoms with Gasteiger partial charge in [-0.1, -0.05) is 24.6 Å². The summed E-state index contributed by atoms with van der Waals surface area (Å²) in [6, 6.07) is 0. The van der Waals surface area contributed by atoms with Gasteiger partial charge in [-0.05, 0) is 12.7 Å². The summed E-state index contributed by atoms with van der Waals surface area (Å²) in [5.41, 5.74) is 0.624. The molecule has 0 saturated heterocycles. The van der Waals surface area contributed by atoms with Gasteiger partial charge in [0.25, 0.3) is 0 Å². The zero-order valence-corrected chi connectivity index (χ0v) is 18.4. The van der Waals surface area contributed by atoms with Gasteiger partial charge in [-0.15, -0.1) is 0 Å². The monoisotopic (exact) mass is 442 g/mol. The van der Waals surface area contributed by atoms with E-state index in [4.69, 9.17) is 8.92 Å². The quantitative estimate of drug-likeness (QED) is 0.225. The van der Waals surface area contributed by atoms with Crippen molar-refractivity contribution in [1.29, 1.82) is 0 Å². The molecule has 1 atom stereocenters. The summed E-state index contributed by atoms with van der Waals surface area (Å²) < 4.78 is 3.86. The van der Waals surface area contributed by atoms with Gasteiger partial charge in [0.1, 0.15) is 0 Å². The summed E-state index contributed by atoms with van der Waals surface area (Å²) in [5, 5.41) is 9.32. The molecule has 0 spiro atoms. The number of halogens is 1. The predicted octanol–water partition coefficient (Wildman–Crippen LogP) is 5.39. The molecule has 0 aliphatic heterocycles. The van der Waals surface area contributed by atoms with Crippen LogP contribution in [0.2, 0.25) is 8.87 Å². The minimum atomic E-state index is -1.27. The Bertz CT molecular complexity index is 279. The molecule has 1 unspecified atom stereocenters. The number of rotatable bonds is 7. The van der Waals surface area contributed by atoms with Crippen molar-refractivity contribution in [2.75, 3.05) is 6.26 Å². The summed E-state index contributed by atoms with van der Waals surface area (Å²) >= 11 is 4.64. The standard InChI is InChI=1S/C7H10NS2.2C4H9.ClH.Sn/c1-10-7(9)5-3-2-4-6(5)8;2*1-3-4-2;;/h5H,2-4H2,1H3;2*1,3-4H2,2H3;1H;/q-1;;;;+2. The van der Waals surface area contributed by atoms with Gasteiger partial charge < -0.3 is 5.41 Å². The molecule has 0 N–H and O–H groups in total. The van der Waals surface area contributed by atoms with Crippen LogP contribution in [0.4, 0.5) is 0 Å². The van der Waals surface area contributed by atoms with Crippen molar-refractivity contribution in [2.24, 2.45) is 5.92 Å². The number of thiol groups is 1. The Balaban J connectivity index is 0.000000361.